The van der Waals surface area contributed by atoms with Crippen molar-refractivity contribution in [2.75, 3.05) is 21.3 Å². The number of fused-ring (bicyclic) bond motifs is 1. The van der Waals surface area contributed by atoms with Crippen molar-refractivity contribution in [3.63, 3.8) is 0 Å². The number of cyclic esters (lactones) is 1. The van der Waals surface area contributed by atoms with E-state index in [1.807, 2.05) is 33.8 Å². The van der Waals surface area contributed by atoms with Crippen LogP contribution in [0.1, 0.15) is 67.1 Å². The van der Waals surface area contributed by atoms with Crippen molar-refractivity contribution in [2.24, 2.45) is 5.92 Å². The summed E-state index contributed by atoms with van der Waals surface area (Å²) in [6.07, 6.45) is 3.76. The van der Waals surface area contributed by atoms with E-state index in [1.54, 1.807) is 7.11 Å². The Hall–Kier alpha value is -3.03. The van der Waals surface area contributed by atoms with E-state index < -0.39 is 18.0 Å². The van der Waals surface area contributed by atoms with E-state index in [-0.39, 0.29) is 24.9 Å². The monoisotopic (exact) mass is 461 g/mol. The number of amides is 1. The predicted octanol–water partition coefficient (Wildman–Crippen LogP) is 3.66. The Morgan fingerprint density at radius 3 is 2.36 bits per heavy atom. The number of hydrogen-bond donors (Lipinski definition) is 1. The second-order valence-corrected chi connectivity index (χ2v) is 8.63. The summed E-state index contributed by atoms with van der Waals surface area (Å²) in [4.78, 5) is 36.6. The summed E-state index contributed by atoms with van der Waals surface area (Å²) in [5.74, 6) is 0.340. The molecule has 1 heterocycles. The summed E-state index contributed by atoms with van der Waals surface area (Å²) in [5, 5.41) is 2.77. The molecule has 0 radical (unpaired) electrons. The van der Waals surface area contributed by atoms with Gasteiger partial charge in [-0.05, 0) is 44.6 Å². The highest BCUT2D eigenvalue weighted by Gasteiger charge is 2.32. The lowest BCUT2D eigenvalue weighted by atomic mass is 9.94. The van der Waals surface area contributed by atoms with Crippen molar-refractivity contribution in [1.82, 2.24) is 5.32 Å². The number of benzene rings is 1. The van der Waals surface area contributed by atoms with Gasteiger partial charge in [-0.1, -0.05) is 25.5 Å². The minimum absolute atomic E-state index is 0.204. The van der Waals surface area contributed by atoms with E-state index in [0.717, 1.165) is 22.3 Å². The highest BCUT2D eigenvalue weighted by atomic mass is 16.5. The molecule has 1 aliphatic heterocycles. The first-order valence-electron chi connectivity index (χ1n) is 11.1. The van der Waals surface area contributed by atoms with Gasteiger partial charge in [-0.15, -0.1) is 0 Å². The van der Waals surface area contributed by atoms with E-state index in [2.05, 4.69) is 5.32 Å². The van der Waals surface area contributed by atoms with Crippen molar-refractivity contribution in [3.05, 3.63) is 33.9 Å². The average molecular weight is 462 g/mol. The van der Waals surface area contributed by atoms with Gasteiger partial charge in [-0.3, -0.25) is 4.79 Å². The number of esters is 2. The molecule has 1 atom stereocenters. The number of hydrogen-bond acceptors (Lipinski definition) is 7. The van der Waals surface area contributed by atoms with Crippen molar-refractivity contribution >= 4 is 17.8 Å². The molecule has 0 fully saturated rings. The zero-order valence-corrected chi connectivity index (χ0v) is 20.6. The van der Waals surface area contributed by atoms with E-state index in [4.69, 9.17) is 18.9 Å². The van der Waals surface area contributed by atoms with Gasteiger partial charge in [-0.2, -0.15) is 0 Å². The van der Waals surface area contributed by atoms with Gasteiger partial charge in [0.1, 0.15) is 29.7 Å². The molecule has 33 heavy (non-hydrogen) atoms. The molecule has 1 unspecified atom stereocenters. The second kappa shape index (κ2) is 11.7. The van der Waals surface area contributed by atoms with Gasteiger partial charge in [0.15, 0.2) is 0 Å². The van der Waals surface area contributed by atoms with Crippen LogP contribution in [-0.2, 0) is 32.1 Å². The predicted molar refractivity (Wildman–Crippen MR) is 123 cm³/mol. The normalized spacial score (nSPS) is 13.9. The molecule has 1 N–H and O–H groups in total. The van der Waals surface area contributed by atoms with Crippen molar-refractivity contribution < 1.29 is 33.3 Å². The van der Waals surface area contributed by atoms with Crippen LogP contribution in [-0.4, -0.2) is 45.2 Å². The van der Waals surface area contributed by atoms with Crippen LogP contribution in [0.3, 0.4) is 0 Å². The van der Waals surface area contributed by atoms with Crippen LogP contribution in [0.15, 0.2) is 11.6 Å². The van der Waals surface area contributed by atoms with Gasteiger partial charge >= 0.3 is 11.9 Å². The van der Waals surface area contributed by atoms with Crippen LogP contribution in [0.25, 0.3) is 0 Å². The molecular weight excluding hydrogens is 426 g/mol. The Labute approximate surface area is 195 Å². The summed E-state index contributed by atoms with van der Waals surface area (Å²) in [7, 11) is 4.43. The molecule has 0 aromatic heterocycles. The highest BCUT2D eigenvalue weighted by Crippen LogP contribution is 2.42. The summed E-state index contributed by atoms with van der Waals surface area (Å²) in [5.41, 5.74) is 3.86. The molecule has 1 amide bonds. The Morgan fingerprint density at radius 2 is 1.79 bits per heavy atom. The fourth-order valence-electron chi connectivity index (χ4n) is 4.02. The molecule has 0 aliphatic carbocycles. The van der Waals surface area contributed by atoms with Gasteiger partial charge < -0.3 is 24.3 Å². The van der Waals surface area contributed by atoms with Gasteiger partial charge in [0.05, 0.1) is 21.3 Å². The smallest absolute Gasteiger partial charge is 0.342 e. The molecule has 1 aromatic rings. The van der Waals surface area contributed by atoms with E-state index in [0.29, 0.717) is 36.3 Å². The quantitative estimate of drug-likeness (QED) is 0.396. The van der Waals surface area contributed by atoms with Crippen LogP contribution in [0, 0.1) is 12.8 Å². The third-order valence-electron chi connectivity index (χ3n) is 5.76. The number of carbonyl (C=O) groups is 3. The Kier molecular flexibility index (Phi) is 9.32. The van der Waals surface area contributed by atoms with Gasteiger partial charge in [0.25, 0.3) is 0 Å². The highest BCUT2D eigenvalue weighted by molar-refractivity contribution is 5.98. The number of methoxy groups -OCH3 is 3. The lowest BCUT2D eigenvalue weighted by Crippen LogP contribution is -2.42. The topological polar surface area (TPSA) is 100 Å². The molecule has 1 aliphatic rings. The molecule has 1 aromatic carbocycles. The average Bonchev–Trinajstić information content (AvgIpc) is 3.16. The van der Waals surface area contributed by atoms with E-state index >= 15 is 0 Å². The van der Waals surface area contributed by atoms with Gasteiger partial charge in [0, 0.05) is 17.5 Å². The third kappa shape index (κ3) is 6.27. The maximum atomic E-state index is 12.4. The van der Waals surface area contributed by atoms with Gasteiger partial charge in [-0.25, -0.2) is 9.59 Å². The van der Waals surface area contributed by atoms with Crippen LogP contribution in [0.5, 0.6) is 11.5 Å². The fraction of sp³-hybridized carbons (Fsp3) is 0.560. The number of allylic oxidation sites excluding steroid dienone is 2. The third-order valence-corrected chi connectivity index (χ3v) is 5.76. The molecule has 0 saturated heterocycles. The van der Waals surface area contributed by atoms with Crippen LogP contribution >= 0.6 is 0 Å². The minimum Gasteiger partial charge on any atom is -0.496 e. The van der Waals surface area contributed by atoms with Crippen molar-refractivity contribution in [2.45, 2.75) is 66.0 Å². The lowest BCUT2D eigenvalue weighted by Gasteiger charge is -2.18. The zero-order chi connectivity index (χ0) is 24.7. The SMILES string of the molecule is COC(=O)C(CC(C)C)NC(=O)CCC(C)=CCc1c(OC)c(C)c2c(c1OC)C(=O)OC2. The molecule has 2 rings (SSSR count). The molecule has 0 bridgehead atoms. The molecule has 0 spiro atoms. The van der Waals surface area contributed by atoms with Crippen LogP contribution in [0.2, 0.25) is 0 Å². The Balaban J connectivity index is 2.12. The van der Waals surface area contributed by atoms with E-state index in [1.165, 1.54) is 14.2 Å². The zero-order valence-electron chi connectivity index (χ0n) is 20.6. The van der Waals surface area contributed by atoms with E-state index in [9.17, 15) is 14.4 Å². The van der Waals surface area contributed by atoms with Crippen LogP contribution < -0.4 is 14.8 Å². The minimum atomic E-state index is -0.644. The van der Waals surface area contributed by atoms with Gasteiger partial charge in [0.2, 0.25) is 5.91 Å². The molecular formula is C25H35NO7. The van der Waals surface area contributed by atoms with Crippen LogP contribution in [0.4, 0.5) is 0 Å². The van der Waals surface area contributed by atoms with Crippen molar-refractivity contribution in [3.8, 4) is 11.5 Å². The first-order chi connectivity index (χ1) is 15.6. The standard InChI is InChI=1S/C25H35NO7/c1-14(2)12-19(24(28)32-7)26-20(27)11-9-15(3)8-10-17-22(30-5)16(4)18-13-33-25(29)21(18)23(17)31-6/h8,14,19H,9-13H2,1-7H3,(H,26,27). The maximum Gasteiger partial charge on any atom is 0.342 e. The molecule has 8 heteroatoms. The largest absolute Gasteiger partial charge is 0.496 e. The molecule has 182 valence electrons. The Bertz CT molecular complexity index is 933. The number of ether oxygens (including phenoxy) is 4. The number of rotatable bonds is 11. The number of nitrogens with one attached hydrogen (secondary N) is 1. The lowest BCUT2D eigenvalue weighted by molar-refractivity contribution is -0.145. The fourth-order valence-corrected chi connectivity index (χ4v) is 4.02. The molecule has 0 saturated carbocycles. The van der Waals surface area contributed by atoms with Crippen molar-refractivity contribution in [1.29, 1.82) is 0 Å². The summed E-state index contributed by atoms with van der Waals surface area (Å²) in [6, 6.07) is -0.644. The summed E-state index contributed by atoms with van der Waals surface area (Å²) in [6.45, 7) is 8.02. The number of carbonyl (C=O) groups excluding carboxylic acids is 3. The first-order valence-corrected chi connectivity index (χ1v) is 11.1. The summed E-state index contributed by atoms with van der Waals surface area (Å²) < 4.78 is 21.2. The first kappa shape index (κ1) is 26.2. The second-order valence-electron chi connectivity index (χ2n) is 8.63. The summed E-state index contributed by atoms with van der Waals surface area (Å²) >= 11 is 0. The molecule has 8 nitrogen and oxygen atoms in total. The maximum absolute atomic E-state index is 12.4. The Morgan fingerprint density at radius 1 is 1.12 bits per heavy atom.